The average molecular weight is 394 g/mol. The second-order valence-electron chi connectivity index (χ2n) is 5.53. The Kier molecular flexibility index (Phi) is 5.44. The van der Waals surface area contributed by atoms with Crippen LogP contribution >= 0.6 is 23.2 Å². The third kappa shape index (κ3) is 4.15. The molecule has 0 saturated carbocycles. The van der Waals surface area contributed by atoms with Gasteiger partial charge in [-0.25, -0.2) is 4.79 Å². The highest BCUT2D eigenvalue weighted by molar-refractivity contribution is 6.42. The third-order valence-corrected chi connectivity index (χ3v) is 4.43. The lowest BCUT2D eigenvalue weighted by Crippen LogP contribution is -2.39. The van der Waals surface area contributed by atoms with Crippen LogP contribution in [0.15, 0.2) is 42.5 Å². The van der Waals surface area contributed by atoms with E-state index in [1.54, 1.807) is 24.3 Å². The van der Waals surface area contributed by atoms with Gasteiger partial charge in [-0.15, -0.1) is 0 Å². The van der Waals surface area contributed by atoms with Crippen LogP contribution < -0.4 is 10.1 Å². The highest BCUT2D eigenvalue weighted by Crippen LogP contribution is 2.29. The summed E-state index contributed by atoms with van der Waals surface area (Å²) in [5, 5.41) is 3.47. The Bertz CT molecular complexity index is 884. The molecule has 1 N–H and O–H groups in total. The third-order valence-electron chi connectivity index (χ3n) is 3.69. The normalized spacial score (nSPS) is 15.5. The summed E-state index contributed by atoms with van der Waals surface area (Å²) in [5.41, 5.74) is 0.883. The van der Waals surface area contributed by atoms with Gasteiger partial charge in [-0.05, 0) is 30.3 Å². The zero-order valence-corrected chi connectivity index (χ0v) is 14.8. The highest BCUT2D eigenvalue weighted by atomic mass is 35.5. The summed E-state index contributed by atoms with van der Waals surface area (Å²) in [6, 6.07) is 10.4. The topological polar surface area (TPSA) is 81.7 Å². The van der Waals surface area contributed by atoms with Gasteiger partial charge in [0, 0.05) is 5.56 Å². The van der Waals surface area contributed by atoms with Gasteiger partial charge in [-0.1, -0.05) is 35.3 Å². The molecule has 0 aliphatic carbocycles. The number of anilines is 1. The van der Waals surface area contributed by atoms with E-state index in [1.165, 1.54) is 18.2 Å². The van der Waals surface area contributed by atoms with Gasteiger partial charge < -0.3 is 14.8 Å². The predicted molar refractivity (Wildman–Crippen MR) is 95.9 cm³/mol. The number of fused-ring (bicyclic) bond motifs is 1. The van der Waals surface area contributed by atoms with Gasteiger partial charge in [0.15, 0.2) is 18.1 Å². The molecule has 0 saturated heterocycles. The number of benzene rings is 2. The minimum atomic E-state index is -0.877. The second kappa shape index (κ2) is 7.76. The molecule has 2 aromatic carbocycles. The first-order valence-electron chi connectivity index (χ1n) is 7.65. The first-order chi connectivity index (χ1) is 12.4. The van der Waals surface area contributed by atoms with Crippen LogP contribution in [0.25, 0.3) is 0 Å². The summed E-state index contributed by atoms with van der Waals surface area (Å²) < 4.78 is 10.1. The molecule has 0 spiro atoms. The van der Waals surface area contributed by atoms with E-state index < -0.39 is 30.4 Å². The molecule has 1 heterocycles. The fourth-order valence-electron chi connectivity index (χ4n) is 2.36. The Hall–Kier alpha value is -2.57. The molecule has 6 nitrogen and oxygen atoms in total. The second-order valence-corrected chi connectivity index (χ2v) is 6.35. The van der Waals surface area contributed by atoms with E-state index in [2.05, 4.69) is 5.32 Å². The lowest BCUT2D eigenvalue weighted by Gasteiger charge is -2.24. The molecule has 1 aliphatic heterocycles. The number of hydrogen-bond donors (Lipinski definition) is 1. The van der Waals surface area contributed by atoms with Crippen molar-refractivity contribution in [1.82, 2.24) is 0 Å². The van der Waals surface area contributed by atoms with E-state index in [9.17, 15) is 14.4 Å². The molecule has 0 fully saturated rings. The van der Waals surface area contributed by atoms with Crippen LogP contribution in [-0.2, 0) is 14.3 Å². The Morgan fingerprint density at radius 1 is 1.12 bits per heavy atom. The molecule has 2 aromatic rings. The summed E-state index contributed by atoms with van der Waals surface area (Å²) >= 11 is 11.6. The first kappa shape index (κ1) is 18.2. The number of ether oxygens (including phenoxy) is 2. The van der Waals surface area contributed by atoms with Crippen molar-refractivity contribution < 1.29 is 23.9 Å². The number of hydrogen-bond acceptors (Lipinski definition) is 6. The zero-order valence-electron chi connectivity index (χ0n) is 13.3. The number of ketones is 1. The Morgan fingerprint density at radius 2 is 1.88 bits per heavy atom. The molecular weight excluding hydrogens is 381 g/mol. The van der Waals surface area contributed by atoms with Crippen LogP contribution in [0.1, 0.15) is 16.8 Å². The van der Waals surface area contributed by atoms with Gasteiger partial charge in [0.05, 0.1) is 22.2 Å². The van der Waals surface area contributed by atoms with E-state index in [0.717, 1.165) is 0 Å². The van der Waals surface area contributed by atoms with Gasteiger partial charge in [0.25, 0.3) is 0 Å². The number of carbonyl (C=O) groups excluding carboxylic acids is 3. The monoisotopic (exact) mass is 393 g/mol. The number of Topliss-reactive ketones (excluding diaryl/α,β-unsaturated/α-hetero) is 1. The largest absolute Gasteiger partial charge is 0.457 e. The Balaban J connectivity index is 1.55. The number of rotatable bonds is 5. The summed E-state index contributed by atoms with van der Waals surface area (Å²) in [7, 11) is 0. The average Bonchev–Trinajstić information content (AvgIpc) is 2.62. The van der Waals surface area contributed by atoms with Gasteiger partial charge in [-0.3, -0.25) is 9.59 Å². The zero-order chi connectivity index (χ0) is 18.7. The van der Waals surface area contributed by atoms with E-state index in [0.29, 0.717) is 16.5 Å². The van der Waals surface area contributed by atoms with Crippen molar-refractivity contribution in [2.24, 2.45) is 0 Å². The van der Waals surface area contributed by atoms with E-state index in [1.807, 2.05) is 0 Å². The number of nitrogens with one attached hydrogen (secondary N) is 1. The highest BCUT2D eigenvalue weighted by Gasteiger charge is 2.30. The molecule has 1 aliphatic rings. The fraction of sp³-hybridized carbons (Fsp3) is 0.167. The minimum absolute atomic E-state index is 0.233. The molecule has 134 valence electrons. The van der Waals surface area contributed by atoms with Crippen LogP contribution in [0.5, 0.6) is 5.75 Å². The number of carbonyl (C=O) groups is 3. The molecular formula is C18H13Cl2NO5. The summed E-state index contributed by atoms with van der Waals surface area (Å²) in [6.45, 7) is -0.463. The van der Waals surface area contributed by atoms with Crippen molar-refractivity contribution in [3.05, 3.63) is 58.1 Å². The Labute approximate surface area is 159 Å². The summed E-state index contributed by atoms with van der Waals surface area (Å²) in [5.74, 6) is -1.32. The van der Waals surface area contributed by atoms with Crippen molar-refractivity contribution in [1.29, 1.82) is 0 Å². The van der Waals surface area contributed by atoms with Crippen LogP contribution in [0, 0.1) is 0 Å². The maximum Gasteiger partial charge on any atom is 0.334 e. The molecule has 0 amide bonds. The van der Waals surface area contributed by atoms with Crippen LogP contribution in [-0.4, -0.2) is 30.4 Å². The molecule has 0 radical (unpaired) electrons. The first-order valence-corrected chi connectivity index (χ1v) is 8.41. The summed E-state index contributed by atoms with van der Waals surface area (Å²) in [6.07, 6.45) is -0.262. The SMILES string of the molecule is O=C(CC1Nc2ccccc2OC1=O)OCC(=O)c1ccc(Cl)c(Cl)c1. The molecule has 1 atom stereocenters. The maximum absolute atomic E-state index is 12.0. The van der Waals surface area contributed by atoms with Crippen LogP contribution in [0.3, 0.4) is 0 Å². The van der Waals surface area contributed by atoms with E-state index in [4.69, 9.17) is 32.7 Å². The van der Waals surface area contributed by atoms with Gasteiger partial charge >= 0.3 is 11.9 Å². The van der Waals surface area contributed by atoms with Crippen molar-refractivity contribution in [2.45, 2.75) is 12.5 Å². The van der Waals surface area contributed by atoms with Crippen LogP contribution in [0.4, 0.5) is 5.69 Å². The van der Waals surface area contributed by atoms with Crippen molar-refractivity contribution in [2.75, 3.05) is 11.9 Å². The number of para-hydroxylation sites is 2. The molecule has 0 bridgehead atoms. The van der Waals surface area contributed by atoms with E-state index in [-0.39, 0.29) is 17.0 Å². The van der Waals surface area contributed by atoms with Crippen molar-refractivity contribution in [3.8, 4) is 5.75 Å². The lowest BCUT2D eigenvalue weighted by molar-refractivity contribution is -0.146. The smallest absolute Gasteiger partial charge is 0.334 e. The predicted octanol–water partition coefficient (Wildman–Crippen LogP) is 3.51. The molecule has 0 aromatic heterocycles. The summed E-state index contributed by atoms with van der Waals surface area (Å²) in [4.78, 5) is 35.9. The van der Waals surface area contributed by atoms with Gasteiger partial charge in [0.1, 0.15) is 6.04 Å². The van der Waals surface area contributed by atoms with Crippen molar-refractivity contribution >= 4 is 46.6 Å². The van der Waals surface area contributed by atoms with Gasteiger partial charge in [-0.2, -0.15) is 0 Å². The molecule has 3 rings (SSSR count). The lowest BCUT2D eigenvalue weighted by atomic mass is 10.1. The molecule has 8 heteroatoms. The van der Waals surface area contributed by atoms with E-state index >= 15 is 0 Å². The molecule has 1 unspecified atom stereocenters. The van der Waals surface area contributed by atoms with Gasteiger partial charge in [0.2, 0.25) is 0 Å². The Morgan fingerprint density at radius 3 is 2.65 bits per heavy atom. The standard InChI is InChI=1S/C18H13Cl2NO5/c19-11-6-5-10(7-12(11)20)15(22)9-25-17(23)8-14-18(24)26-16-4-2-1-3-13(16)21-14/h1-7,14,21H,8-9H2. The molecule has 26 heavy (non-hydrogen) atoms. The fourth-order valence-corrected chi connectivity index (χ4v) is 2.66. The number of esters is 2. The maximum atomic E-state index is 12.0. The number of halogens is 2. The van der Waals surface area contributed by atoms with Crippen LogP contribution in [0.2, 0.25) is 10.0 Å². The minimum Gasteiger partial charge on any atom is -0.457 e. The van der Waals surface area contributed by atoms with Crippen molar-refractivity contribution in [3.63, 3.8) is 0 Å². The quantitative estimate of drug-likeness (QED) is 0.475.